The summed E-state index contributed by atoms with van der Waals surface area (Å²) in [6.45, 7) is 0. The number of benzene rings is 1. The molecule has 0 fully saturated rings. The van der Waals surface area contributed by atoms with E-state index in [1.54, 1.807) is 23.7 Å². The van der Waals surface area contributed by atoms with Gasteiger partial charge in [0.15, 0.2) is 5.13 Å². The van der Waals surface area contributed by atoms with Crippen LogP contribution in [0.15, 0.2) is 77.8 Å². The first-order chi connectivity index (χ1) is 14.3. The van der Waals surface area contributed by atoms with Crippen LogP contribution in [0, 0.1) is 0 Å². The van der Waals surface area contributed by atoms with Crippen LogP contribution in [0.25, 0.3) is 32.7 Å². The molecule has 29 heavy (non-hydrogen) atoms. The lowest BCUT2D eigenvalue weighted by atomic mass is 10.0. The standard InChI is InChI=1S/C22H14N4OS2/c27-21(26-22-25-19(13-29-22)20-8-4-10-28-20)16-11-18(14-5-3-9-23-12-14)24-17-7-2-1-6-15(16)17/h1-13H,(H,25,26,27). The molecule has 1 N–H and O–H groups in total. The lowest BCUT2D eigenvalue weighted by molar-refractivity contribution is 0.102. The van der Waals surface area contributed by atoms with Crippen molar-refractivity contribution >= 4 is 44.6 Å². The Labute approximate surface area is 174 Å². The molecule has 4 aromatic heterocycles. The van der Waals surface area contributed by atoms with Gasteiger partial charge < -0.3 is 0 Å². The number of thiophene rings is 1. The Balaban J connectivity index is 1.52. The highest BCUT2D eigenvalue weighted by Gasteiger charge is 2.16. The van der Waals surface area contributed by atoms with Crippen LogP contribution in [0.5, 0.6) is 0 Å². The van der Waals surface area contributed by atoms with Gasteiger partial charge in [-0.15, -0.1) is 22.7 Å². The molecule has 0 aliphatic rings. The summed E-state index contributed by atoms with van der Waals surface area (Å²) in [5.74, 6) is -0.208. The summed E-state index contributed by atoms with van der Waals surface area (Å²) in [5.41, 5.74) is 3.76. The summed E-state index contributed by atoms with van der Waals surface area (Å²) in [4.78, 5) is 27.6. The minimum Gasteiger partial charge on any atom is -0.298 e. The van der Waals surface area contributed by atoms with E-state index in [4.69, 9.17) is 4.98 Å². The Morgan fingerprint density at radius 1 is 0.931 bits per heavy atom. The second-order valence-electron chi connectivity index (χ2n) is 6.28. The van der Waals surface area contributed by atoms with Crippen LogP contribution in [0.2, 0.25) is 0 Å². The number of anilines is 1. The normalized spacial score (nSPS) is 10.9. The Bertz CT molecular complexity index is 1300. The third-order valence-electron chi connectivity index (χ3n) is 4.42. The van der Waals surface area contributed by atoms with Gasteiger partial charge in [0, 0.05) is 28.7 Å². The largest absolute Gasteiger partial charge is 0.298 e. The second kappa shape index (κ2) is 7.54. The van der Waals surface area contributed by atoms with Gasteiger partial charge in [0.1, 0.15) is 0 Å². The van der Waals surface area contributed by atoms with Crippen molar-refractivity contribution in [3.63, 3.8) is 0 Å². The van der Waals surface area contributed by atoms with E-state index in [0.717, 1.165) is 27.0 Å². The highest BCUT2D eigenvalue weighted by molar-refractivity contribution is 7.16. The van der Waals surface area contributed by atoms with Crippen LogP contribution in [0.4, 0.5) is 5.13 Å². The van der Waals surface area contributed by atoms with Gasteiger partial charge in [-0.3, -0.25) is 15.1 Å². The molecule has 0 radical (unpaired) electrons. The number of para-hydroxylation sites is 1. The van der Waals surface area contributed by atoms with Crippen LogP contribution >= 0.6 is 22.7 Å². The molecule has 5 aromatic rings. The summed E-state index contributed by atoms with van der Waals surface area (Å²) in [7, 11) is 0. The molecule has 1 aromatic carbocycles. The highest BCUT2D eigenvalue weighted by Crippen LogP contribution is 2.29. The van der Waals surface area contributed by atoms with E-state index in [-0.39, 0.29) is 5.91 Å². The van der Waals surface area contributed by atoms with Gasteiger partial charge in [0.25, 0.3) is 5.91 Å². The number of fused-ring (bicyclic) bond motifs is 1. The van der Waals surface area contributed by atoms with E-state index in [0.29, 0.717) is 16.4 Å². The number of nitrogens with zero attached hydrogens (tertiary/aromatic N) is 3. The van der Waals surface area contributed by atoms with Crippen LogP contribution in [-0.2, 0) is 0 Å². The van der Waals surface area contributed by atoms with Crippen molar-refractivity contribution in [2.45, 2.75) is 0 Å². The first-order valence-electron chi connectivity index (χ1n) is 8.89. The van der Waals surface area contributed by atoms with E-state index in [2.05, 4.69) is 15.3 Å². The summed E-state index contributed by atoms with van der Waals surface area (Å²) < 4.78 is 0. The fourth-order valence-corrected chi connectivity index (χ4v) is 4.52. The van der Waals surface area contributed by atoms with Crippen LogP contribution in [-0.4, -0.2) is 20.9 Å². The molecular formula is C22H14N4OS2. The maximum Gasteiger partial charge on any atom is 0.258 e. The van der Waals surface area contributed by atoms with Crippen LogP contribution in [0.1, 0.15) is 10.4 Å². The number of carbonyl (C=O) groups is 1. The molecule has 1 amide bonds. The van der Waals surface area contributed by atoms with E-state index >= 15 is 0 Å². The zero-order chi connectivity index (χ0) is 19.6. The molecular weight excluding hydrogens is 400 g/mol. The zero-order valence-corrected chi connectivity index (χ0v) is 16.7. The highest BCUT2D eigenvalue weighted by atomic mass is 32.1. The molecule has 0 bridgehead atoms. The quantitative estimate of drug-likeness (QED) is 0.407. The van der Waals surface area contributed by atoms with Gasteiger partial charge in [-0.2, -0.15) is 0 Å². The molecule has 0 saturated heterocycles. The van der Waals surface area contributed by atoms with Crippen molar-refractivity contribution in [2.75, 3.05) is 5.32 Å². The van der Waals surface area contributed by atoms with Crippen molar-refractivity contribution in [3.8, 4) is 21.8 Å². The lowest BCUT2D eigenvalue weighted by Crippen LogP contribution is -2.13. The summed E-state index contributed by atoms with van der Waals surface area (Å²) in [5, 5.41) is 8.27. The van der Waals surface area contributed by atoms with Gasteiger partial charge in [-0.25, -0.2) is 9.97 Å². The van der Waals surface area contributed by atoms with E-state index in [1.165, 1.54) is 11.3 Å². The molecule has 4 heterocycles. The number of amides is 1. The summed E-state index contributed by atoms with van der Waals surface area (Å²) >= 11 is 3.04. The Hall–Kier alpha value is -3.42. The average Bonchev–Trinajstić information content (AvgIpc) is 3.45. The molecule has 0 atom stereocenters. The fraction of sp³-hybridized carbons (Fsp3) is 0. The number of hydrogen-bond acceptors (Lipinski definition) is 6. The molecule has 0 aliphatic carbocycles. The molecule has 0 saturated carbocycles. The molecule has 0 aliphatic heterocycles. The fourth-order valence-electron chi connectivity index (χ4n) is 3.06. The molecule has 5 nitrogen and oxygen atoms in total. The number of aromatic nitrogens is 3. The number of thiazole rings is 1. The van der Waals surface area contributed by atoms with Crippen molar-refractivity contribution in [1.82, 2.24) is 15.0 Å². The lowest BCUT2D eigenvalue weighted by Gasteiger charge is -2.09. The van der Waals surface area contributed by atoms with Crippen LogP contribution in [0.3, 0.4) is 0 Å². The molecule has 0 spiro atoms. The van der Waals surface area contributed by atoms with Gasteiger partial charge in [-0.05, 0) is 35.7 Å². The topological polar surface area (TPSA) is 67.8 Å². The van der Waals surface area contributed by atoms with Crippen molar-refractivity contribution in [1.29, 1.82) is 0 Å². The van der Waals surface area contributed by atoms with Gasteiger partial charge >= 0.3 is 0 Å². The summed E-state index contributed by atoms with van der Waals surface area (Å²) in [6.07, 6.45) is 3.46. The number of pyridine rings is 2. The van der Waals surface area contributed by atoms with Gasteiger partial charge in [-0.1, -0.05) is 24.3 Å². The van der Waals surface area contributed by atoms with Crippen molar-refractivity contribution in [2.24, 2.45) is 0 Å². The first kappa shape index (κ1) is 17.7. The van der Waals surface area contributed by atoms with E-state index in [1.807, 2.05) is 65.4 Å². The molecule has 7 heteroatoms. The van der Waals surface area contributed by atoms with E-state index < -0.39 is 0 Å². The number of carbonyl (C=O) groups excluding carboxylic acids is 1. The predicted octanol–water partition coefficient (Wildman–Crippen LogP) is 5.73. The van der Waals surface area contributed by atoms with Gasteiger partial charge in [0.2, 0.25) is 0 Å². The zero-order valence-electron chi connectivity index (χ0n) is 15.1. The first-order valence-corrected chi connectivity index (χ1v) is 10.6. The molecule has 0 unspecified atom stereocenters. The van der Waals surface area contributed by atoms with E-state index in [9.17, 15) is 4.79 Å². The minimum absolute atomic E-state index is 0.208. The SMILES string of the molecule is O=C(Nc1nc(-c2cccs2)cs1)c1cc(-c2cccnc2)nc2ccccc12. The smallest absolute Gasteiger partial charge is 0.258 e. The monoisotopic (exact) mass is 414 g/mol. The predicted molar refractivity (Wildman–Crippen MR) is 118 cm³/mol. The Kier molecular flexibility index (Phi) is 4.59. The second-order valence-corrected chi connectivity index (χ2v) is 8.09. The Morgan fingerprint density at radius 3 is 2.69 bits per heavy atom. The van der Waals surface area contributed by atoms with Crippen LogP contribution < -0.4 is 5.32 Å². The van der Waals surface area contributed by atoms with Crippen molar-refractivity contribution < 1.29 is 4.79 Å². The third kappa shape index (κ3) is 3.53. The maximum absolute atomic E-state index is 13.1. The van der Waals surface area contributed by atoms with Crippen molar-refractivity contribution in [3.05, 3.63) is 83.3 Å². The summed E-state index contributed by atoms with van der Waals surface area (Å²) in [6, 6.07) is 17.2. The number of rotatable bonds is 4. The molecule has 5 rings (SSSR count). The number of nitrogens with one attached hydrogen (secondary N) is 1. The number of hydrogen-bond donors (Lipinski definition) is 1. The molecule has 140 valence electrons. The maximum atomic E-state index is 13.1. The average molecular weight is 415 g/mol. The Morgan fingerprint density at radius 2 is 1.86 bits per heavy atom. The van der Waals surface area contributed by atoms with Gasteiger partial charge in [0.05, 0.1) is 27.3 Å². The third-order valence-corrected chi connectivity index (χ3v) is 6.07. The minimum atomic E-state index is -0.208.